The minimum Gasteiger partial charge on any atom is -0.504 e. The number of aromatic amines is 1. The first-order valence-corrected chi connectivity index (χ1v) is 10.2. The monoisotopic (exact) mass is 408 g/mol. The van der Waals surface area contributed by atoms with Crippen LogP contribution in [0, 0.1) is 0 Å². The van der Waals surface area contributed by atoms with Crippen LogP contribution in [0.3, 0.4) is 0 Å². The zero-order chi connectivity index (χ0) is 20.9. The van der Waals surface area contributed by atoms with Crippen LogP contribution in [0.5, 0.6) is 5.75 Å². The summed E-state index contributed by atoms with van der Waals surface area (Å²) in [6.45, 7) is 1.74. The summed E-state index contributed by atoms with van der Waals surface area (Å²) in [6, 6.07) is 16.1. The van der Waals surface area contributed by atoms with Crippen LogP contribution in [0.2, 0.25) is 0 Å². The van der Waals surface area contributed by atoms with E-state index >= 15 is 0 Å². The zero-order valence-electron chi connectivity index (χ0n) is 16.9. The summed E-state index contributed by atoms with van der Waals surface area (Å²) in [5.74, 6) is 0.724. The van der Waals surface area contributed by atoms with Crippen molar-refractivity contribution in [2.24, 2.45) is 7.05 Å². The molecule has 0 radical (unpaired) electrons. The highest BCUT2D eigenvalue weighted by atomic mass is 16.3. The Hall–Kier alpha value is -3.97. The van der Waals surface area contributed by atoms with Crippen LogP contribution in [0.1, 0.15) is 11.1 Å². The van der Waals surface area contributed by atoms with Crippen molar-refractivity contribution in [3.8, 4) is 39.7 Å². The number of fused-ring (bicyclic) bond motifs is 2. The fraction of sp³-hybridized carbons (Fsp3) is 0.125. The van der Waals surface area contributed by atoms with Gasteiger partial charge in [0.2, 0.25) is 0 Å². The first-order valence-electron chi connectivity index (χ1n) is 10.2. The van der Waals surface area contributed by atoms with E-state index in [-0.39, 0.29) is 5.75 Å². The van der Waals surface area contributed by atoms with Gasteiger partial charge < -0.3 is 15.4 Å². The minimum absolute atomic E-state index is 0.116. The normalized spacial score (nSPS) is 13.1. The summed E-state index contributed by atoms with van der Waals surface area (Å²) < 4.78 is 1.67. The van der Waals surface area contributed by atoms with Crippen LogP contribution in [0.15, 0.2) is 60.9 Å². The second-order valence-electron chi connectivity index (χ2n) is 7.82. The van der Waals surface area contributed by atoms with Crippen molar-refractivity contribution in [3.63, 3.8) is 0 Å². The number of aromatic nitrogens is 5. The van der Waals surface area contributed by atoms with Crippen molar-refractivity contribution in [1.82, 2.24) is 30.0 Å². The topological polar surface area (TPSA) is 91.7 Å². The molecule has 0 amide bonds. The SMILES string of the molecule is Cn1nc(-c2ccc(-c3cccnc3)cc2)c(O)c1-c1nc2cc3c(cc2[nH]1)CNC3. The molecular weight excluding hydrogens is 388 g/mol. The van der Waals surface area contributed by atoms with Crippen LogP contribution in [-0.4, -0.2) is 29.8 Å². The lowest BCUT2D eigenvalue weighted by Gasteiger charge is -2.03. The summed E-state index contributed by atoms with van der Waals surface area (Å²) in [6.07, 6.45) is 3.59. The quantitative estimate of drug-likeness (QED) is 0.420. The van der Waals surface area contributed by atoms with Gasteiger partial charge in [0.05, 0.1) is 11.0 Å². The number of aryl methyl sites for hydroxylation is 1. The fourth-order valence-electron chi connectivity index (χ4n) is 4.24. The number of aromatic hydroxyl groups is 1. The predicted molar refractivity (Wildman–Crippen MR) is 119 cm³/mol. The van der Waals surface area contributed by atoms with Gasteiger partial charge in [0.15, 0.2) is 11.6 Å². The van der Waals surface area contributed by atoms with Crippen molar-refractivity contribution in [1.29, 1.82) is 0 Å². The lowest BCUT2D eigenvalue weighted by molar-refractivity contribution is 0.478. The number of hydrogen-bond acceptors (Lipinski definition) is 5. The van der Waals surface area contributed by atoms with Crippen molar-refractivity contribution >= 4 is 11.0 Å². The molecule has 1 aliphatic heterocycles. The van der Waals surface area contributed by atoms with E-state index in [1.807, 2.05) is 49.6 Å². The summed E-state index contributed by atoms with van der Waals surface area (Å²) >= 11 is 0. The number of imidazole rings is 1. The molecule has 3 N–H and O–H groups in total. The van der Waals surface area contributed by atoms with Gasteiger partial charge in [-0.1, -0.05) is 30.3 Å². The molecule has 3 aromatic heterocycles. The third-order valence-electron chi connectivity index (χ3n) is 5.83. The molecule has 31 heavy (non-hydrogen) atoms. The van der Waals surface area contributed by atoms with E-state index in [9.17, 15) is 5.11 Å². The standard InChI is InChI=1S/C24H20N6O/c1-30-22(24-27-19-9-17-12-26-13-18(17)10-20(19)28-24)23(31)21(29-30)15-6-4-14(5-7-15)16-3-2-8-25-11-16/h2-11,26,31H,12-13H2,1H3,(H,27,28). The molecule has 0 bridgehead atoms. The Morgan fingerprint density at radius 2 is 1.74 bits per heavy atom. The second kappa shape index (κ2) is 6.78. The average molecular weight is 408 g/mol. The Labute approximate surface area is 178 Å². The molecule has 5 aromatic rings. The Kier molecular flexibility index (Phi) is 3.91. The van der Waals surface area contributed by atoms with Crippen LogP contribution < -0.4 is 5.32 Å². The van der Waals surface area contributed by atoms with Crippen LogP contribution in [0.25, 0.3) is 44.9 Å². The van der Waals surface area contributed by atoms with Gasteiger partial charge in [-0.25, -0.2) is 4.98 Å². The number of pyridine rings is 1. The maximum atomic E-state index is 11.0. The maximum Gasteiger partial charge on any atom is 0.173 e. The summed E-state index contributed by atoms with van der Waals surface area (Å²) in [7, 11) is 1.82. The van der Waals surface area contributed by atoms with Crippen molar-refractivity contribution in [2.45, 2.75) is 13.1 Å². The molecule has 0 spiro atoms. The second-order valence-corrected chi connectivity index (χ2v) is 7.82. The summed E-state index contributed by atoms with van der Waals surface area (Å²) in [4.78, 5) is 12.3. The fourth-order valence-corrected chi connectivity index (χ4v) is 4.24. The Balaban J connectivity index is 1.39. The summed E-state index contributed by atoms with van der Waals surface area (Å²) in [5.41, 5.74) is 8.45. The molecule has 7 nitrogen and oxygen atoms in total. The van der Waals surface area contributed by atoms with Gasteiger partial charge in [-0.3, -0.25) is 9.67 Å². The predicted octanol–water partition coefficient (Wildman–Crippen LogP) is 4.00. The molecule has 0 atom stereocenters. The zero-order valence-corrected chi connectivity index (χ0v) is 16.9. The van der Waals surface area contributed by atoms with E-state index in [1.54, 1.807) is 10.9 Å². The van der Waals surface area contributed by atoms with Crippen LogP contribution >= 0.6 is 0 Å². The number of rotatable bonds is 3. The molecule has 0 fully saturated rings. The van der Waals surface area contributed by atoms with E-state index in [0.29, 0.717) is 17.2 Å². The van der Waals surface area contributed by atoms with Gasteiger partial charge in [0.1, 0.15) is 11.4 Å². The highest BCUT2D eigenvalue weighted by Gasteiger charge is 2.22. The number of hydrogen-bond donors (Lipinski definition) is 3. The van der Waals surface area contributed by atoms with E-state index in [4.69, 9.17) is 4.98 Å². The Morgan fingerprint density at radius 3 is 2.52 bits per heavy atom. The highest BCUT2D eigenvalue weighted by Crippen LogP contribution is 2.38. The summed E-state index contributed by atoms with van der Waals surface area (Å²) in [5, 5.41) is 19.0. The number of benzene rings is 2. The van der Waals surface area contributed by atoms with Gasteiger partial charge in [-0.05, 0) is 40.5 Å². The molecule has 4 heterocycles. The first-order chi connectivity index (χ1) is 15.2. The smallest absolute Gasteiger partial charge is 0.173 e. The van der Waals surface area contributed by atoms with Crippen LogP contribution in [0.4, 0.5) is 0 Å². The third-order valence-corrected chi connectivity index (χ3v) is 5.83. The molecule has 7 heteroatoms. The van der Waals surface area contributed by atoms with E-state index in [2.05, 4.69) is 32.5 Å². The van der Waals surface area contributed by atoms with Crippen molar-refractivity contribution < 1.29 is 5.11 Å². The van der Waals surface area contributed by atoms with Crippen molar-refractivity contribution in [2.75, 3.05) is 0 Å². The maximum absolute atomic E-state index is 11.0. The van der Waals surface area contributed by atoms with Gasteiger partial charge >= 0.3 is 0 Å². The van der Waals surface area contributed by atoms with Crippen LogP contribution in [-0.2, 0) is 20.1 Å². The molecule has 152 valence electrons. The molecule has 6 rings (SSSR count). The van der Waals surface area contributed by atoms with E-state index in [1.165, 1.54) is 11.1 Å². The molecule has 2 aromatic carbocycles. The molecule has 0 aliphatic carbocycles. The molecule has 0 saturated carbocycles. The third kappa shape index (κ3) is 2.90. The Morgan fingerprint density at radius 1 is 0.968 bits per heavy atom. The van der Waals surface area contributed by atoms with Gasteiger partial charge in [-0.2, -0.15) is 5.10 Å². The lowest BCUT2D eigenvalue weighted by Crippen LogP contribution is -1.99. The molecule has 0 saturated heterocycles. The number of nitrogens with zero attached hydrogens (tertiary/aromatic N) is 4. The number of H-pyrrole nitrogens is 1. The highest BCUT2D eigenvalue weighted by molar-refractivity contribution is 5.84. The van der Waals surface area contributed by atoms with Gasteiger partial charge in [0.25, 0.3) is 0 Å². The largest absolute Gasteiger partial charge is 0.504 e. The minimum atomic E-state index is 0.116. The lowest BCUT2D eigenvalue weighted by atomic mass is 10.0. The van der Waals surface area contributed by atoms with E-state index < -0.39 is 0 Å². The first kappa shape index (κ1) is 17.9. The van der Waals surface area contributed by atoms with E-state index in [0.717, 1.165) is 40.8 Å². The molecular formula is C24H20N6O. The molecule has 0 unspecified atom stereocenters. The Bertz CT molecular complexity index is 1380. The number of nitrogens with one attached hydrogen (secondary N) is 2. The average Bonchev–Trinajstić information content (AvgIpc) is 3.49. The van der Waals surface area contributed by atoms with Crippen molar-refractivity contribution in [3.05, 3.63) is 72.1 Å². The molecule has 1 aliphatic rings. The van der Waals surface area contributed by atoms with Gasteiger partial charge in [0, 0.05) is 38.1 Å². The van der Waals surface area contributed by atoms with Gasteiger partial charge in [-0.15, -0.1) is 0 Å².